The number of hydrogen-bond acceptors (Lipinski definition) is 5. The summed E-state index contributed by atoms with van der Waals surface area (Å²) in [4.78, 5) is 29.5. The van der Waals surface area contributed by atoms with Crippen LogP contribution in [-0.4, -0.2) is 41.2 Å². The largest absolute Gasteiger partial charge is 0.454 e. The van der Waals surface area contributed by atoms with Gasteiger partial charge >= 0.3 is 0 Å². The Kier molecular flexibility index (Phi) is 6.33. The third-order valence-corrected chi connectivity index (χ3v) is 6.34. The molecule has 1 saturated heterocycles. The van der Waals surface area contributed by atoms with Gasteiger partial charge < -0.3 is 19.7 Å². The molecule has 3 aromatic rings. The number of nitrogens with zero attached hydrogens (tertiary/aromatic N) is 2. The molecule has 0 aliphatic carbocycles. The fourth-order valence-corrected chi connectivity index (χ4v) is 4.58. The van der Waals surface area contributed by atoms with E-state index in [-0.39, 0.29) is 25.0 Å². The molecular weight excluding hydrogens is 469 g/mol. The molecule has 2 amide bonds. The van der Waals surface area contributed by atoms with Crippen molar-refractivity contribution in [3.63, 3.8) is 0 Å². The first-order valence-electron chi connectivity index (χ1n) is 11.1. The Morgan fingerprint density at radius 2 is 1.77 bits per heavy atom. The molecule has 178 valence electrons. The second-order valence-electron chi connectivity index (χ2n) is 8.20. The lowest BCUT2D eigenvalue weighted by Gasteiger charge is -2.24. The zero-order chi connectivity index (χ0) is 24.4. The van der Waals surface area contributed by atoms with Crippen LogP contribution >= 0.6 is 12.2 Å². The van der Waals surface area contributed by atoms with E-state index in [9.17, 15) is 14.0 Å². The highest BCUT2D eigenvalue weighted by Crippen LogP contribution is 2.33. The van der Waals surface area contributed by atoms with Crippen LogP contribution in [0.4, 0.5) is 15.8 Å². The lowest BCUT2D eigenvalue weighted by molar-refractivity contribution is -0.124. The quantitative estimate of drug-likeness (QED) is 0.502. The summed E-state index contributed by atoms with van der Waals surface area (Å²) >= 11 is 5.70. The minimum atomic E-state index is -0.767. The van der Waals surface area contributed by atoms with Crippen molar-refractivity contribution < 1.29 is 23.5 Å². The third-order valence-electron chi connectivity index (χ3n) is 5.92. The lowest BCUT2D eigenvalue weighted by Crippen LogP contribution is -2.39. The molecule has 5 rings (SSSR count). The topological polar surface area (TPSA) is 71.1 Å². The normalized spacial score (nSPS) is 16.7. The molecule has 2 aliphatic rings. The van der Waals surface area contributed by atoms with Crippen LogP contribution in [0.1, 0.15) is 12.0 Å². The van der Waals surface area contributed by atoms with E-state index in [2.05, 4.69) is 5.32 Å². The van der Waals surface area contributed by atoms with E-state index in [0.717, 1.165) is 5.56 Å². The van der Waals surface area contributed by atoms with Crippen LogP contribution < -0.4 is 19.7 Å². The van der Waals surface area contributed by atoms with Crippen molar-refractivity contribution >= 4 is 40.5 Å². The maximum atomic E-state index is 13.5. The fourth-order valence-electron chi connectivity index (χ4n) is 4.17. The molecule has 1 fully saturated rings. The van der Waals surface area contributed by atoms with Crippen LogP contribution in [0.15, 0.2) is 72.8 Å². The molecule has 0 bridgehead atoms. The molecule has 2 aliphatic heterocycles. The average molecular weight is 492 g/mol. The molecule has 35 heavy (non-hydrogen) atoms. The predicted molar refractivity (Wildman–Crippen MR) is 133 cm³/mol. The Labute approximate surface area is 207 Å². The highest BCUT2D eigenvalue weighted by atomic mass is 32.1. The number of para-hydroxylation sites is 1. The Hall–Kier alpha value is -3.98. The minimum Gasteiger partial charge on any atom is -0.454 e. The number of ether oxygens (including phenoxy) is 2. The first kappa shape index (κ1) is 22.8. The van der Waals surface area contributed by atoms with Gasteiger partial charge in [-0.05, 0) is 72.7 Å². The monoisotopic (exact) mass is 491 g/mol. The Balaban J connectivity index is 1.35. The first-order valence-corrected chi connectivity index (χ1v) is 11.5. The van der Waals surface area contributed by atoms with Gasteiger partial charge in [-0.25, -0.2) is 4.39 Å². The summed E-state index contributed by atoms with van der Waals surface area (Å²) in [5.74, 6) is 0.365. The molecular formula is C26H22FN3O4S. The predicted octanol–water partition coefficient (Wildman–Crippen LogP) is 4.13. The van der Waals surface area contributed by atoms with Gasteiger partial charge in [-0.2, -0.15) is 0 Å². The van der Waals surface area contributed by atoms with Crippen molar-refractivity contribution in [2.75, 3.05) is 23.6 Å². The number of benzene rings is 3. The second kappa shape index (κ2) is 9.71. The van der Waals surface area contributed by atoms with E-state index in [1.54, 1.807) is 17.0 Å². The van der Waals surface area contributed by atoms with Gasteiger partial charge in [0.1, 0.15) is 11.9 Å². The van der Waals surface area contributed by atoms with Crippen molar-refractivity contribution in [3.05, 3.63) is 84.2 Å². The van der Waals surface area contributed by atoms with Gasteiger partial charge in [0.15, 0.2) is 16.6 Å². The number of halogens is 1. The van der Waals surface area contributed by atoms with Gasteiger partial charge in [-0.15, -0.1) is 0 Å². The number of nitrogens with one attached hydrogen (secondary N) is 1. The lowest BCUT2D eigenvalue weighted by atomic mass is 10.1. The summed E-state index contributed by atoms with van der Waals surface area (Å²) in [7, 11) is 0. The van der Waals surface area contributed by atoms with E-state index >= 15 is 0 Å². The molecule has 1 N–H and O–H groups in total. The second-order valence-corrected chi connectivity index (χ2v) is 8.56. The Morgan fingerprint density at radius 3 is 2.54 bits per heavy atom. The highest BCUT2D eigenvalue weighted by Gasteiger charge is 2.43. The number of carbonyl (C=O) groups excluding carboxylic acids is 2. The van der Waals surface area contributed by atoms with Gasteiger partial charge in [0.2, 0.25) is 12.7 Å². The van der Waals surface area contributed by atoms with E-state index in [0.29, 0.717) is 41.0 Å². The van der Waals surface area contributed by atoms with Crippen molar-refractivity contribution in [2.24, 2.45) is 0 Å². The summed E-state index contributed by atoms with van der Waals surface area (Å²) in [5, 5.41) is 3.08. The number of carbonyl (C=O) groups is 2. The van der Waals surface area contributed by atoms with E-state index in [4.69, 9.17) is 21.7 Å². The van der Waals surface area contributed by atoms with Crippen LogP contribution in [0, 0.1) is 5.82 Å². The number of amides is 2. The van der Waals surface area contributed by atoms with Crippen molar-refractivity contribution in [2.45, 2.75) is 18.9 Å². The van der Waals surface area contributed by atoms with Gasteiger partial charge in [0, 0.05) is 12.2 Å². The number of rotatable bonds is 7. The third kappa shape index (κ3) is 4.81. The minimum absolute atomic E-state index is 0.0964. The zero-order valence-corrected chi connectivity index (χ0v) is 19.5. The zero-order valence-electron chi connectivity index (χ0n) is 18.6. The van der Waals surface area contributed by atoms with Crippen molar-refractivity contribution in [1.29, 1.82) is 0 Å². The van der Waals surface area contributed by atoms with Crippen LogP contribution in [0.5, 0.6) is 11.5 Å². The molecule has 0 saturated carbocycles. The maximum Gasteiger partial charge on any atom is 0.256 e. The molecule has 2 heterocycles. The van der Waals surface area contributed by atoms with Gasteiger partial charge in [0.25, 0.3) is 5.91 Å². The van der Waals surface area contributed by atoms with Gasteiger partial charge in [-0.1, -0.05) is 24.3 Å². The van der Waals surface area contributed by atoms with Crippen molar-refractivity contribution in [1.82, 2.24) is 4.90 Å². The molecule has 0 aromatic heterocycles. The number of hydrogen-bond donors (Lipinski definition) is 1. The SMILES string of the molecule is O=C(CC1C(=O)N(c2ccccc2)C(=S)N1CCc1ccc2c(c1)OCO2)Nc1ccc(F)cc1. The average Bonchev–Trinajstić information content (AvgIpc) is 3.42. The standard InChI is InChI=1S/C26H22FN3O4S/c27-18-7-9-19(10-8-18)28-24(31)15-21-25(32)30(20-4-2-1-3-5-20)26(35)29(21)13-12-17-6-11-22-23(14-17)34-16-33-22/h1-11,14,21H,12-13,15-16H2,(H,28,31). The first-order chi connectivity index (χ1) is 17.0. The number of thiocarbonyl (C=S) groups is 1. The van der Waals surface area contributed by atoms with E-state index in [1.807, 2.05) is 36.4 Å². The number of fused-ring (bicyclic) bond motifs is 1. The summed E-state index contributed by atoms with van der Waals surface area (Å²) in [5.41, 5.74) is 2.10. The van der Waals surface area contributed by atoms with Gasteiger partial charge in [-0.3, -0.25) is 14.5 Å². The van der Waals surface area contributed by atoms with Crippen molar-refractivity contribution in [3.8, 4) is 11.5 Å². The number of anilines is 2. The highest BCUT2D eigenvalue weighted by molar-refractivity contribution is 7.80. The molecule has 1 unspecified atom stereocenters. The molecule has 1 atom stereocenters. The van der Waals surface area contributed by atoms with Gasteiger partial charge in [0.05, 0.1) is 12.1 Å². The Morgan fingerprint density at radius 1 is 1.03 bits per heavy atom. The van der Waals surface area contributed by atoms with E-state index in [1.165, 1.54) is 29.2 Å². The molecule has 0 spiro atoms. The summed E-state index contributed by atoms with van der Waals surface area (Å²) in [6.07, 6.45) is 0.490. The molecule has 7 nitrogen and oxygen atoms in total. The maximum absolute atomic E-state index is 13.5. The molecule has 0 radical (unpaired) electrons. The Bertz CT molecular complexity index is 1270. The van der Waals surface area contributed by atoms with Crippen LogP contribution in [0.2, 0.25) is 0 Å². The smallest absolute Gasteiger partial charge is 0.256 e. The molecule has 9 heteroatoms. The van der Waals surface area contributed by atoms with Crippen LogP contribution in [-0.2, 0) is 16.0 Å². The van der Waals surface area contributed by atoms with E-state index < -0.39 is 11.9 Å². The fraction of sp³-hybridized carbons (Fsp3) is 0.192. The summed E-state index contributed by atoms with van der Waals surface area (Å²) < 4.78 is 24.0. The summed E-state index contributed by atoms with van der Waals surface area (Å²) in [6.45, 7) is 0.628. The molecule has 3 aromatic carbocycles. The summed E-state index contributed by atoms with van der Waals surface area (Å²) in [6, 6.07) is 19.6. The van der Waals surface area contributed by atoms with Crippen LogP contribution in [0.25, 0.3) is 0 Å². The van der Waals surface area contributed by atoms with Crippen LogP contribution in [0.3, 0.4) is 0 Å².